The van der Waals surface area contributed by atoms with Crippen molar-refractivity contribution >= 4 is 22.4 Å². The van der Waals surface area contributed by atoms with Gasteiger partial charge in [0.05, 0.1) is 17.2 Å². The Morgan fingerprint density at radius 3 is 2.35 bits per heavy atom. The number of halogens is 1. The van der Waals surface area contributed by atoms with Gasteiger partial charge in [0, 0.05) is 11.0 Å². The van der Waals surface area contributed by atoms with E-state index >= 15 is 0 Å². The molecule has 5 aromatic rings. The van der Waals surface area contributed by atoms with Crippen molar-refractivity contribution in [2.75, 3.05) is 0 Å². The molecule has 0 aliphatic heterocycles. The van der Waals surface area contributed by atoms with Crippen LogP contribution in [0, 0.1) is 5.82 Å². The van der Waals surface area contributed by atoms with Gasteiger partial charge in [-0.25, -0.2) is 14.4 Å². The zero-order chi connectivity index (χ0) is 27.4. The van der Waals surface area contributed by atoms with Crippen LogP contribution in [0.15, 0.2) is 140 Å². The van der Waals surface area contributed by atoms with Gasteiger partial charge in [-0.15, -0.1) is 0 Å². The van der Waals surface area contributed by atoms with E-state index < -0.39 is 5.41 Å². The van der Waals surface area contributed by atoms with Crippen LogP contribution in [0.25, 0.3) is 16.6 Å². The number of benzene rings is 4. The largest absolute Gasteiger partial charge is 0.437 e. The lowest BCUT2D eigenvalue weighted by molar-refractivity contribution is 0.104. The first-order valence-corrected chi connectivity index (χ1v) is 13.0. The zero-order valence-corrected chi connectivity index (χ0v) is 21.6. The molecule has 40 heavy (non-hydrogen) atoms. The molecule has 1 aliphatic rings. The monoisotopic (exact) mass is 524 g/mol. The second-order valence-electron chi connectivity index (χ2n) is 9.66. The van der Waals surface area contributed by atoms with Crippen LogP contribution < -0.4 is 4.74 Å². The van der Waals surface area contributed by atoms with E-state index in [9.17, 15) is 9.18 Å². The second kappa shape index (κ2) is 10.9. The molecule has 6 rings (SSSR count). The third-order valence-electron chi connectivity index (χ3n) is 7.02. The van der Waals surface area contributed by atoms with Crippen molar-refractivity contribution in [2.24, 2.45) is 0 Å². The Labute approximate surface area is 231 Å². The molecule has 1 atom stereocenters. The summed E-state index contributed by atoms with van der Waals surface area (Å²) in [5, 5.41) is 0. The predicted octanol–water partition coefficient (Wildman–Crippen LogP) is 8.28. The molecule has 1 aromatic heterocycles. The predicted molar refractivity (Wildman–Crippen MR) is 156 cm³/mol. The van der Waals surface area contributed by atoms with E-state index in [2.05, 4.69) is 16.0 Å². The summed E-state index contributed by atoms with van der Waals surface area (Å²) >= 11 is 0. The average Bonchev–Trinajstić information content (AvgIpc) is 3.01. The Morgan fingerprint density at radius 1 is 0.850 bits per heavy atom. The molecule has 0 N–H and O–H groups in total. The van der Waals surface area contributed by atoms with Crippen molar-refractivity contribution < 1.29 is 13.9 Å². The van der Waals surface area contributed by atoms with Gasteiger partial charge in [-0.2, -0.15) is 0 Å². The molecule has 0 amide bonds. The fourth-order valence-corrected chi connectivity index (χ4v) is 4.91. The number of rotatable bonds is 7. The maximum absolute atomic E-state index is 13.6. The summed E-state index contributed by atoms with van der Waals surface area (Å²) < 4.78 is 19.6. The van der Waals surface area contributed by atoms with Crippen LogP contribution >= 0.6 is 0 Å². The van der Waals surface area contributed by atoms with Crippen molar-refractivity contribution in [3.05, 3.63) is 162 Å². The van der Waals surface area contributed by atoms with Crippen LogP contribution in [0.1, 0.15) is 27.9 Å². The summed E-state index contributed by atoms with van der Waals surface area (Å²) in [6.45, 7) is 0. The number of carbonyl (C=O) groups excluding carboxylic acids is 1. The lowest BCUT2D eigenvalue weighted by Crippen LogP contribution is -2.23. The van der Waals surface area contributed by atoms with E-state index in [1.807, 2.05) is 97.1 Å². The van der Waals surface area contributed by atoms with Gasteiger partial charge in [-0.3, -0.25) is 4.79 Å². The normalized spacial score (nSPS) is 16.7. The molecule has 4 aromatic carbocycles. The van der Waals surface area contributed by atoms with Crippen LogP contribution in [0.4, 0.5) is 4.39 Å². The van der Waals surface area contributed by atoms with E-state index in [0.717, 1.165) is 27.7 Å². The van der Waals surface area contributed by atoms with Crippen molar-refractivity contribution in [1.29, 1.82) is 0 Å². The molecular weight excluding hydrogens is 499 g/mol. The molecule has 1 heterocycles. The Balaban J connectivity index is 1.31. The topological polar surface area (TPSA) is 52.1 Å². The number of ether oxygens (including phenoxy) is 1. The minimum absolute atomic E-state index is 0.0684. The summed E-state index contributed by atoms with van der Waals surface area (Å²) in [7, 11) is 0. The van der Waals surface area contributed by atoms with E-state index in [0.29, 0.717) is 23.6 Å². The van der Waals surface area contributed by atoms with Gasteiger partial charge in [-0.1, -0.05) is 91.0 Å². The summed E-state index contributed by atoms with van der Waals surface area (Å²) in [5.41, 5.74) is 4.58. The maximum Gasteiger partial charge on any atom is 0.238 e. The van der Waals surface area contributed by atoms with Crippen molar-refractivity contribution in [3.8, 4) is 11.6 Å². The molecule has 1 aliphatic carbocycles. The first kappa shape index (κ1) is 25.1. The van der Waals surface area contributed by atoms with Gasteiger partial charge in [0.25, 0.3) is 0 Å². The van der Waals surface area contributed by atoms with Crippen LogP contribution in [-0.4, -0.2) is 15.8 Å². The zero-order valence-electron chi connectivity index (χ0n) is 21.6. The Kier molecular flexibility index (Phi) is 6.86. The quantitative estimate of drug-likeness (QED) is 0.159. The van der Waals surface area contributed by atoms with Crippen LogP contribution in [-0.2, 0) is 5.41 Å². The van der Waals surface area contributed by atoms with Crippen LogP contribution in [0.5, 0.6) is 11.6 Å². The molecule has 0 bridgehead atoms. The Bertz CT molecular complexity index is 1760. The number of ketones is 1. The van der Waals surface area contributed by atoms with E-state index in [-0.39, 0.29) is 11.6 Å². The molecule has 0 radical (unpaired) electrons. The minimum Gasteiger partial charge on any atom is -0.437 e. The standard InChI is InChI=1S/C35H25FN2O2/c36-29-16-12-25(13-17-29)27-9-6-21-35(23-27,22-20-33(39)26-7-2-1-3-8-26)28-14-18-30(19-15-28)40-34-24-37-31-10-4-5-11-32(31)38-34/h1-22,24H,23H2. The van der Waals surface area contributed by atoms with Crippen molar-refractivity contribution in [2.45, 2.75) is 11.8 Å². The number of nitrogens with zero attached hydrogens (tertiary/aromatic N) is 2. The van der Waals surface area contributed by atoms with Gasteiger partial charge in [0.2, 0.25) is 5.88 Å². The number of para-hydroxylation sites is 2. The third-order valence-corrected chi connectivity index (χ3v) is 7.02. The number of hydrogen-bond donors (Lipinski definition) is 0. The van der Waals surface area contributed by atoms with Crippen molar-refractivity contribution in [3.63, 3.8) is 0 Å². The molecule has 1 unspecified atom stereocenters. The third kappa shape index (κ3) is 5.36. The summed E-state index contributed by atoms with van der Waals surface area (Å²) in [6.07, 6.45) is 11.9. The molecule has 0 saturated carbocycles. The molecule has 0 saturated heterocycles. The number of fused-ring (bicyclic) bond motifs is 1. The van der Waals surface area contributed by atoms with E-state index in [1.165, 1.54) is 12.1 Å². The lowest BCUT2D eigenvalue weighted by Gasteiger charge is -2.32. The molecule has 0 fully saturated rings. The molecule has 4 nitrogen and oxygen atoms in total. The number of carbonyl (C=O) groups is 1. The highest BCUT2D eigenvalue weighted by atomic mass is 19.1. The maximum atomic E-state index is 13.6. The van der Waals surface area contributed by atoms with Gasteiger partial charge >= 0.3 is 0 Å². The highest BCUT2D eigenvalue weighted by Crippen LogP contribution is 2.41. The van der Waals surface area contributed by atoms with Gasteiger partial charge in [-0.05, 0) is 65.6 Å². The Morgan fingerprint density at radius 2 is 1.57 bits per heavy atom. The Hall–Kier alpha value is -5.16. The number of aromatic nitrogens is 2. The smallest absolute Gasteiger partial charge is 0.238 e. The van der Waals surface area contributed by atoms with Gasteiger partial charge < -0.3 is 4.74 Å². The summed E-state index contributed by atoms with van der Waals surface area (Å²) in [5.74, 6) is 0.693. The molecule has 0 spiro atoms. The molecular formula is C35H25FN2O2. The second-order valence-corrected chi connectivity index (χ2v) is 9.66. The first-order chi connectivity index (χ1) is 19.6. The number of allylic oxidation sites excluding steroid dienone is 6. The minimum atomic E-state index is -0.593. The van der Waals surface area contributed by atoms with Gasteiger partial charge in [0.15, 0.2) is 5.78 Å². The SMILES string of the molecule is O=C(C=CC1(c2ccc(Oc3cnc4ccccc4n3)cc2)C=CC=C(c2ccc(F)cc2)C1)c1ccccc1. The lowest BCUT2D eigenvalue weighted by atomic mass is 9.71. The van der Waals surface area contributed by atoms with Gasteiger partial charge in [0.1, 0.15) is 11.6 Å². The van der Waals surface area contributed by atoms with E-state index in [4.69, 9.17) is 4.74 Å². The van der Waals surface area contributed by atoms with Crippen LogP contribution in [0.2, 0.25) is 0 Å². The fraction of sp³-hybridized carbons (Fsp3) is 0.0571. The van der Waals surface area contributed by atoms with Crippen molar-refractivity contribution in [1.82, 2.24) is 9.97 Å². The highest BCUT2D eigenvalue weighted by molar-refractivity contribution is 6.04. The summed E-state index contributed by atoms with van der Waals surface area (Å²) in [6, 6.07) is 31.1. The molecule has 5 heteroatoms. The highest BCUT2D eigenvalue weighted by Gasteiger charge is 2.30. The first-order valence-electron chi connectivity index (χ1n) is 13.0. The summed E-state index contributed by atoms with van der Waals surface area (Å²) in [4.78, 5) is 22.0. The van der Waals surface area contributed by atoms with E-state index in [1.54, 1.807) is 24.4 Å². The van der Waals surface area contributed by atoms with Crippen LogP contribution in [0.3, 0.4) is 0 Å². The number of hydrogen-bond acceptors (Lipinski definition) is 4. The molecule has 194 valence electrons. The average molecular weight is 525 g/mol. The fourth-order valence-electron chi connectivity index (χ4n) is 4.91.